The zero-order chi connectivity index (χ0) is 21.5. The number of carbonyl (C=O) groups is 3. The first-order chi connectivity index (χ1) is 15.0. The van der Waals surface area contributed by atoms with Crippen LogP contribution in [-0.4, -0.2) is 46.7 Å². The molecule has 1 atom stereocenters. The lowest BCUT2D eigenvalue weighted by Crippen LogP contribution is -2.52. The molecule has 0 radical (unpaired) electrons. The Morgan fingerprint density at radius 2 is 1.87 bits per heavy atom. The number of carbonyl (C=O) groups excluding carboxylic acids is 3. The van der Waals surface area contributed by atoms with Crippen LogP contribution in [0.25, 0.3) is 0 Å². The number of likely N-dealkylation sites (tertiary alicyclic amines) is 1. The molecule has 0 saturated carbocycles. The second kappa shape index (κ2) is 8.37. The number of hydrogen-bond acceptors (Lipinski definition) is 5. The van der Waals surface area contributed by atoms with E-state index in [-0.39, 0.29) is 24.1 Å². The minimum atomic E-state index is -0.560. The van der Waals surface area contributed by atoms with Crippen molar-refractivity contribution < 1.29 is 14.4 Å². The fraction of sp³-hybridized carbons (Fsp3) is 0.435. The van der Waals surface area contributed by atoms with Crippen LogP contribution in [0.1, 0.15) is 58.0 Å². The van der Waals surface area contributed by atoms with E-state index in [9.17, 15) is 14.4 Å². The van der Waals surface area contributed by atoms with E-state index in [1.165, 1.54) is 10.4 Å². The fourth-order valence-corrected chi connectivity index (χ4v) is 6.06. The van der Waals surface area contributed by atoms with E-state index in [1.807, 2.05) is 12.1 Å². The number of piperidine rings is 2. The average Bonchev–Trinajstić information content (AvgIpc) is 3.31. The van der Waals surface area contributed by atoms with Gasteiger partial charge in [-0.05, 0) is 67.6 Å². The molecule has 2 saturated heterocycles. The molecular weight excluding hydrogens is 434 g/mol. The van der Waals surface area contributed by atoms with Gasteiger partial charge in [-0.2, -0.15) is 0 Å². The van der Waals surface area contributed by atoms with E-state index in [4.69, 9.17) is 11.6 Å². The molecule has 3 aliphatic heterocycles. The molecule has 3 amide bonds. The van der Waals surface area contributed by atoms with Gasteiger partial charge in [0.15, 0.2) is 0 Å². The van der Waals surface area contributed by atoms with Crippen LogP contribution in [0, 0.1) is 0 Å². The number of imide groups is 1. The smallest absolute Gasteiger partial charge is 0.255 e. The molecule has 31 heavy (non-hydrogen) atoms. The molecule has 0 bridgehead atoms. The van der Waals surface area contributed by atoms with Gasteiger partial charge in [0.2, 0.25) is 11.8 Å². The summed E-state index contributed by atoms with van der Waals surface area (Å²) in [5.41, 5.74) is 2.94. The van der Waals surface area contributed by atoms with Gasteiger partial charge in [-0.1, -0.05) is 23.7 Å². The van der Waals surface area contributed by atoms with E-state index >= 15 is 0 Å². The van der Waals surface area contributed by atoms with E-state index in [2.05, 4.69) is 28.4 Å². The molecule has 0 spiro atoms. The predicted octanol–water partition coefficient (Wildman–Crippen LogP) is 3.54. The van der Waals surface area contributed by atoms with Crippen LogP contribution in [0.15, 0.2) is 30.3 Å². The number of thiophene rings is 1. The van der Waals surface area contributed by atoms with Crippen LogP contribution in [0.2, 0.25) is 4.34 Å². The second-order valence-electron chi connectivity index (χ2n) is 8.57. The summed E-state index contributed by atoms with van der Waals surface area (Å²) in [4.78, 5) is 41.9. The largest absolute Gasteiger partial charge is 0.322 e. The SMILES string of the molecule is O=C1CCC(N2Cc3cc(C4CCN(Cc5ccc(Cl)s5)CC4)ccc3C2=O)C(=O)N1. The Morgan fingerprint density at radius 1 is 1.06 bits per heavy atom. The normalized spacial score (nSPS) is 22.7. The van der Waals surface area contributed by atoms with Crippen molar-refractivity contribution in [3.05, 3.63) is 56.2 Å². The first-order valence-corrected chi connectivity index (χ1v) is 11.9. The Hall–Kier alpha value is -2.22. The Kier molecular flexibility index (Phi) is 5.58. The summed E-state index contributed by atoms with van der Waals surface area (Å²) in [7, 11) is 0. The van der Waals surface area contributed by atoms with Crippen molar-refractivity contribution >= 4 is 40.7 Å². The minimum Gasteiger partial charge on any atom is -0.322 e. The first-order valence-electron chi connectivity index (χ1n) is 10.7. The van der Waals surface area contributed by atoms with Gasteiger partial charge in [0.25, 0.3) is 5.91 Å². The van der Waals surface area contributed by atoms with Crippen molar-refractivity contribution in [2.45, 2.75) is 50.7 Å². The van der Waals surface area contributed by atoms with Crippen molar-refractivity contribution in [2.24, 2.45) is 0 Å². The van der Waals surface area contributed by atoms with Crippen LogP contribution in [0.3, 0.4) is 0 Å². The number of amides is 3. The summed E-state index contributed by atoms with van der Waals surface area (Å²) < 4.78 is 0.837. The van der Waals surface area contributed by atoms with Crippen molar-refractivity contribution in [1.29, 1.82) is 0 Å². The maximum Gasteiger partial charge on any atom is 0.255 e. The zero-order valence-electron chi connectivity index (χ0n) is 17.1. The molecule has 4 heterocycles. The van der Waals surface area contributed by atoms with E-state index in [0.29, 0.717) is 24.4 Å². The summed E-state index contributed by atoms with van der Waals surface area (Å²) in [6, 6.07) is 9.64. The molecule has 1 N–H and O–H groups in total. The number of fused-ring (bicyclic) bond motifs is 1. The summed E-state index contributed by atoms with van der Waals surface area (Å²) in [5, 5.41) is 2.36. The maximum absolute atomic E-state index is 12.9. The topological polar surface area (TPSA) is 69.7 Å². The Bertz CT molecular complexity index is 1040. The number of nitrogens with zero attached hydrogens (tertiary/aromatic N) is 2. The van der Waals surface area contributed by atoms with Crippen LogP contribution >= 0.6 is 22.9 Å². The number of benzene rings is 1. The third-order valence-corrected chi connectivity index (χ3v) is 7.83. The monoisotopic (exact) mass is 457 g/mol. The van der Waals surface area contributed by atoms with Crippen molar-refractivity contribution in [1.82, 2.24) is 15.1 Å². The molecule has 5 rings (SSSR count). The molecule has 8 heteroatoms. The summed E-state index contributed by atoms with van der Waals surface area (Å²) >= 11 is 7.69. The Morgan fingerprint density at radius 3 is 2.58 bits per heavy atom. The highest BCUT2D eigenvalue weighted by molar-refractivity contribution is 7.16. The highest BCUT2D eigenvalue weighted by Crippen LogP contribution is 2.34. The van der Waals surface area contributed by atoms with Gasteiger partial charge in [0.1, 0.15) is 6.04 Å². The van der Waals surface area contributed by atoms with Gasteiger partial charge in [0.05, 0.1) is 4.34 Å². The average molecular weight is 458 g/mol. The second-order valence-corrected chi connectivity index (χ2v) is 10.4. The van der Waals surface area contributed by atoms with Crippen molar-refractivity contribution in [2.75, 3.05) is 13.1 Å². The third-order valence-electron chi connectivity index (χ3n) is 6.61. The van der Waals surface area contributed by atoms with Crippen LogP contribution in [-0.2, 0) is 22.7 Å². The first kappa shape index (κ1) is 20.7. The van der Waals surface area contributed by atoms with E-state index in [1.54, 1.807) is 16.2 Å². The lowest BCUT2D eigenvalue weighted by atomic mass is 9.88. The van der Waals surface area contributed by atoms with E-state index in [0.717, 1.165) is 42.4 Å². The lowest BCUT2D eigenvalue weighted by molar-refractivity contribution is -0.136. The molecular formula is C23H24ClN3O3S. The molecule has 2 aromatic rings. The van der Waals surface area contributed by atoms with E-state index < -0.39 is 6.04 Å². The zero-order valence-corrected chi connectivity index (χ0v) is 18.7. The van der Waals surface area contributed by atoms with Crippen molar-refractivity contribution in [3.63, 3.8) is 0 Å². The number of halogens is 1. The summed E-state index contributed by atoms with van der Waals surface area (Å²) in [6.45, 7) is 3.47. The maximum atomic E-state index is 12.9. The van der Waals surface area contributed by atoms with Gasteiger partial charge < -0.3 is 4.90 Å². The minimum absolute atomic E-state index is 0.111. The van der Waals surface area contributed by atoms with Crippen LogP contribution in [0.4, 0.5) is 0 Å². The Labute approximate surface area is 190 Å². The highest BCUT2D eigenvalue weighted by atomic mass is 35.5. The summed E-state index contributed by atoms with van der Waals surface area (Å²) in [5.74, 6) is -0.257. The quantitative estimate of drug-likeness (QED) is 0.713. The molecule has 6 nitrogen and oxygen atoms in total. The van der Waals surface area contributed by atoms with Crippen LogP contribution < -0.4 is 5.32 Å². The predicted molar refractivity (Wildman–Crippen MR) is 119 cm³/mol. The van der Waals surface area contributed by atoms with Crippen LogP contribution in [0.5, 0.6) is 0 Å². The Balaban J connectivity index is 1.23. The third kappa shape index (κ3) is 4.14. The summed E-state index contributed by atoms with van der Waals surface area (Å²) in [6.07, 6.45) is 2.84. The number of rotatable bonds is 4. The fourth-order valence-electron chi connectivity index (χ4n) is 4.93. The van der Waals surface area contributed by atoms with Gasteiger partial charge in [0, 0.05) is 30.0 Å². The lowest BCUT2D eigenvalue weighted by Gasteiger charge is -2.32. The van der Waals surface area contributed by atoms with Gasteiger partial charge in [-0.3, -0.25) is 24.6 Å². The van der Waals surface area contributed by atoms with Gasteiger partial charge in [-0.15, -0.1) is 11.3 Å². The molecule has 1 unspecified atom stereocenters. The molecule has 3 aliphatic rings. The number of nitrogens with one attached hydrogen (secondary N) is 1. The molecule has 162 valence electrons. The molecule has 1 aromatic heterocycles. The standard InChI is InChI=1S/C23H24ClN3O3S/c24-20-5-2-17(31-20)13-26-9-7-14(8-10-26)15-1-3-18-16(11-15)12-27(23(18)30)19-4-6-21(28)25-22(19)29/h1-3,5,11,14,19H,4,6-10,12-13H2,(H,25,28,29). The molecule has 2 fully saturated rings. The van der Waals surface area contributed by atoms with Crippen molar-refractivity contribution in [3.8, 4) is 0 Å². The molecule has 0 aliphatic carbocycles. The van der Waals surface area contributed by atoms with Gasteiger partial charge in [-0.25, -0.2) is 0 Å². The highest BCUT2D eigenvalue weighted by Gasteiger charge is 2.39. The number of hydrogen-bond donors (Lipinski definition) is 1. The van der Waals surface area contributed by atoms with Gasteiger partial charge >= 0.3 is 0 Å². The molecule has 1 aromatic carbocycles.